The molecule has 3 heteroatoms. The summed E-state index contributed by atoms with van der Waals surface area (Å²) in [7, 11) is -2.95. The summed E-state index contributed by atoms with van der Waals surface area (Å²) in [6, 6.07) is 19.9. The Kier molecular flexibility index (Phi) is 39.9. The van der Waals surface area contributed by atoms with Crippen LogP contribution in [0.1, 0.15) is 201 Å². The van der Waals surface area contributed by atoms with Crippen molar-refractivity contribution >= 4 is 9.84 Å². The van der Waals surface area contributed by atoms with E-state index in [-0.39, 0.29) is 48.1 Å². The molecule has 316 valence electrons. The van der Waals surface area contributed by atoms with Gasteiger partial charge in [-0.2, -0.15) is 0 Å². The molecule has 0 radical (unpaired) electrons. The Morgan fingerprint density at radius 2 is 0.906 bits per heavy atom. The van der Waals surface area contributed by atoms with Gasteiger partial charge in [0, 0.05) is 0 Å². The third kappa shape index (κ3) is 37.1. The smallest absolute Gasteiger partial charge is 0.156 e. The minimum atomic E-state index is -2.95. The lowest BCUT2D eigenvalue weighted by Gasteiger charge is -2.26. The number of hydrogen-bond donors (Lipinski definition) is 0. The SMILES string of the molecule is C.C.C.C.C.CC(C)CC1CC1.CC(C)CC1CCC1.CC(C)CCCC1CC1.CC(C)CCc1ccccc1.CC(C)S(=O)(=O)Cc1ccccc1. The molecular formula is C50H98O2S. The molecule has 2 aromatic carbocycles. The zero-order valence-corrected chi connectivity index (χ0v) is 34.0. The Hall–Kier alpha value is -1.61. The average molecular weight is 763 g/mol. The third-order valence-corrected chi connectivity index (χ3v) is 11.6. The van der Waals surface area contributed by atoms with Crippen LogP contribution in [0.25, 0.3) is 0 Å². The molecule has 5 rings (SSSR count). The molecule has 0 bridgehead atoms. The molecule has 0 spiro atoms. The van der Waals surface area contributed by atoms with Gasteiger partial charge in [-0.1, -0.05) is 217 Å². The summed E-state index contributed by atoms with van der Waals surface area (Å²) in [6.45, 7) is 21.8. The Bertz CT molecular complexity index is 1100. The van der Waals surface area contributed by atoms with E-state index in [1.807, 2.05) is 30.3 Å². The molecule has 0 N–H and O–H groups in total. The van der Waals surface area contributed by atoms with Gasteiger partial charge in [-0.15, -0.1) is 0 Å². The first-order valence-electron chi connectivity index (χ1n) is 20.0. The van der Waals surface area contributed by atoms with Gasteiger partial charge in [0.15, 0.2) is 9.84 Å². The van der Waals surface area contributed by atoms with Crippen molar-refractivity contribution in [2.45, 2.75) is 207 Å². The van der Waals surface area contributed by atoms with Gasteiger partial charge < -0.3 is 0 Å². The van der Waals surface area contributed by atoms with Gasteiger partial charge in [0.2, 0.25) is 0 Å². The molecule has 0 saturated heterocycles. The quantitative estimate of drug-likeness (QED) is 0.192. The van der Waals surface area contributed by atoms with Crippen molar-refractivity contribution in [2.24, 2.45) is 41.4 Å². The highest BCUT2D eigenvalue weighted by molar-refractivity contribution is 7.91. The molecule has 3 saturated carbocycles. The third-order valence-electron chi connectivity index (χ3n) is 9.40. The van der Waals surface area contributed by atoms with E-state index in [1.54, 1.807) is 13.8 Å². The predicted molar refractivity (Wildman–Crippen MR) is 248 cm³/mol. The second-order valence-corrected chi connectivity index (χ2v) is 19.6. The Morgan fingerprint density at radius 1 is 0.509 bits per heavy atom. The molecular weight excluding hydrogens is 665 g/mol. The Morgan fingerprint density at radius 3 is 1.21 bits per heavy atom. The minimum absolute atomic E-state index is 0. The molecule has 53 heavy (non-hydrogen) atoms. The topological polar surface area (TPSA) is 34.1 Å². The Labute approximate surface area is 337 Å². The van der Waals surface area contributed by atoms with E-state index < -0.39 is 9.84 Å². The van der Waals surface area contributed by atoms with Gasteiger partial charge >= 0.3 is 0 Å². The lowest BCUT2D eigenvalue weighted by molar-refractivity contribution is 0.264. The minimum Gasteiger partial charge on any atom is -0.228 e. The van der Waals surface area contributed by atoms with Crippen LogP contribution in [0.3, 0.4) is 0 Å². The van der Waals surface area contributed by atoms with Gasteiger partial charge in [-0.05, 0) is 92.1 Å². The summed E-state index contributed by atoms with van der Waals surface area (Å²) in [4.78, 5) is 0. The molecule has 0 unspecified atom stereocenters. The molecule has 0 amide bonds. The summed E-state index contributed by atoms with van der Waals surface area (Å²) in [5.41, 5.74) is 2.32. The van der Waals surface area contributed by atoms with E-state index in [9.17, 15) is 8.42 Å². The molecule has 0 heterocycles. The number of aryl methyl sites for hydroxylation is 1. The van der Waals surface area contributed by atoms with Crippen LogP contribution >= 0.6 is 0 Å². The van der Waals surface area contributed by atoms with Gasteiger partial charge in [0.1, 0.15) is 0 Å². The van der Waals surface area contributed by atoms with Crippen molar-refractivity contribution in [3.05, 3.63) is 71.8 Å². The van der Waals surface area contributed by atoms with E-state index in [2.05, 4.69) is 85.7 Å². The van der Waals surface area contributed by atoms with Crippen LogP contribution in [0.2, 0.25) is 0 Å². The van der Waals surface area contributed by atoms with E-state index in [0.717, 1.165) is 47.0 Å². The van der Waals surface area contributed by atoms with Crippen molar-refractivity contribution in [3.8, 4) is 0 Å². The highest BCUT2D eigenvalue weighted by Crippen LogP contribution is 2.35. The fourth-order valence-electron chi connectivity index (χ4n) is 5.71. The normalized spacial score (nSPS) is 14.3. The van der Waals surface area contributed by atoms with Crippen LogP contribution in [-0.2, 0) is 22.0 Å². The van der Waals surface area contributed by atoms with Crippen LogP contribution in [0.5, 0.6) is 0 Å². The van der Waals surface area contributed by atoms with Gasteiger partial charge in [-0.3, -0.25) is 0 Å². The molecule has 2 aromatic rings. The van der Waals surface area contributed by atoms with Crippen LogP contribution in [0.15, 0.2) is 60.7 Å². The summed E-state index contributed by atoms with van der Waals surface area (Å²) in [5, 5.41) is -0.298. The molecule has 2 nitrogen and oxygen atoms in total. The van der Waals surface area contributed by atoms with Crippen LogP contribution in [-0.4, -0.2) is 13.7 Å². The van der Waals surface area contributed by atoms with Crippen LogP contribution < -0.4 is 0 Å². The second kappa shape index (κ2) is 34.8. The number of benzene rings is 2. The van der Waals surface area contributed by atoms with Gasteiger partial charge in [-0.25, -0.2) is 8.42 Å². The van der Waals surface area contributed by atoms with Gasteiger partial charge in [0.25, 0.3) is 0 Å². The van der Waals surface area contributed by atoms with Crippen molar-refractivity contribution in [1.29, 1.82) is 0 Å². The monoisotopic (exact) mass is 763 g/mol. The van der Waals surface area contributed by atoms with Crippen molar-refractivity contribution in [3.63, 3.8) is 0 Å². The maximum atomic E-state index is 11.5. The first-order valence-corrected chi connectivity index (χ1v) is 21.7. The summed E-state index contributed by atoms with van der Waals surface area (Å²) in [6.07, 6.45) is 20.5. The highest BCUT2D eigenvalue weighted by atomic mass is 32.2. The molecule has 0 atom stereocenters. The summed E-state index contributed by atoms with van der Waals surface area (Å²) >= 11 is 0. The van der Waals surface area contributed by atoms with Crippen LogP contribution in [0.4, 0.5) is 0 Å². The van der Waals surface area contributed by atoms with Crippen molar-refractivity contribution in [2.75, 3.05) is 0 Å². The lowest BCUT2D eigenvalue weighted by atomic mass is 9.80. The molecule has 3 aliphatic rings. The molecule has 0 aromatic heterocycles. The lowest BCUT2D eigenvalue weighted by Crippen LogP contribution is -2.15. The summed E-state index contributed by atoms with van der Waals surface area (Å²) < 4.78 is 23.0. The fourth-order valence-corrected chi connectivity index (χ4v) is 6.70. The zero-order chi connectivity index (χ0) is 36.0. The number of rotatable bonds is 14. The molecule has 3 aliphatic carbocycles. The van der Waals surface area contributed by atoms with E-state index >= 15 is 0 Å². The predicted octanol–water partition coefficient (Wildman–Crippen LogP) is 17.0. The van der Waals surface area contributed by atoms with E-state index in [4.69, 9.17) is 0 Å². The number of sulfone groups is 1. The highest BCUT2D eigenvalue weighted by Gasteiger charge is 2.22. The zero-order valence-electron chi connectivity index (χ0n) is 33.2. The summed E-state index contributed by atoms with van der Waals surface area (Å²) in [5.74, 6) is 7.12. The van der Waals surface area contributed by atoms with Crippen molar-refractivity contribution < 1.29 is 8.42 Å². The van der Waals surface area contributed by atoms with Gasteiger partial charge in [0.05, 0.1) is 11.0 Å². The van der Waals surface area contributed by atoms with E-state index in [1.165, 1.54) is 95.5 Å². The second-order valence-electron chi connectivity index (χ2n) is 17.0. The van der Waals surface area contributed by atoms with Crippen molar-refractivity contribution in [1.82, 2.24) is 0 Å². The standard InChI is InChI=1S/C11H16.C10H14O2S.C9H18.C8H16.C7H14.5CH4/c1-10(2)8-9-11-6-4-3-5-7-11;1-9(2)13(11,12)8-10-6-4-3-5-7-10;1-8(2)4-3-5-9-6-7-9;1-7(2)6-8-4-3-5-8;1-6(2)5-7-3-4-7;;;;;/h3-7,10H,8-9H2,1-2H3;3-7,9H,8H2,1-2H3;8-9H,3-7H2,1-2H3;7-8H,3-6H2,1-2H3;6-7H,3-5H2,1-2H3;5*1H4. The maximum absolute atomic E-state index is 11.5. The average Bonchev–Trinajstić information content (AvgIpc) is 3.94. The molecule has 0 aliphatic heterocycles. The largest absolute Gasteiger partial charge is 0.228 e. The number of hydrogen-bond acceptors (Lipinski definition) is 2. The Balaban J connectivity index is -0.000000179. The maximum Gasteiger partial charge on any atom is 0.156 e. The van der Waals surface area contributed by atoms with Crippen LogP contribution in [0, 0.1) is 41.4 Å². The van der Waals surface area contributed by atoms with E-state index in [0.29, 0.717) is 0 Å². The molecule has 3 fully saturated rings. The first kappa shape index (κ1) is 60.6. The first-order chi connectivity index (χ1) is 22.7. The fraction of sp³-hybridized carbons (Fsp3) is 0.760.